The molecule has 20 heavy (non-hydrogen) atoms. The van der Waals surface area contributed by atoms with E-state index in [1.54, 1.807) is 0 Å². The predicted molar refractivity (Wildman–Crippen MR) is 82.5 cm³/mol. The molecule has 1 unspecified atom stereocenters. The molecule has 0 aromatic rings. The minimum absolute atomic E-state index is 0.301. The first kappa shape index (κ1) is 15.8. The molecule has 2 N–H and O–H groups in total. The number of nitrogens with zero attached hydrogens (tertiary/aromatic N) is 2. The van der Waals surface area contributed by atoms with Gasteiger partial charge in [0.2, 0.25) is 5.91 Å². The van der Waals surface area contributed by atoms with Crippen molar-refractivity contribution in [3.63, 3.8) is 0 Å². The van der Waals surface area contributed by atoms with Gasteiger partial charge in [0, 0.05) is 32.2 Å². The zero-order valence-corrected chi connectivity index (χ0v) is 13.2. The maximum absolute atomic E-state index is 13.0. The third-order valence-electron chi connectivity index (χ3n) is 5.18. The first-order valence-corrected chi connectivity index (χ1v) is 8.40. The lowest BCUT2D eigenvalue weighted by Crippen LogP contribution is -2.57. The molecule has 2 saturated heterocycles. The number of rotatable bonds is 6. The molecule has 0 spiro atoms. The molecule has 2 aliphatic heterocycles. The van der Waals surface area contributed by atoms with Crippen molar-refractivity contribution >= 4 is 5.91 Å². The van der Waals surface area contributed by atoms with Gasteiger partial charge in [0.15, 0.2) is 0 Å². The lowest BCUT2D eigenvalue weighted by molar-refractivity contribution is -0.145. The second-order valence-electron chi connectivity index (χ2n) is 6.57. The van der Waals surface area contributed by atoms with Crippen molar-refractivity contribution < 1.29 is 4.79 Å². The van der Waals surface area contributed by atoms with Gasteiger partial charge >= 0.3 is 0 Å². The van der Waals surface area contributed by atoms with E-state index in [1.807, 2.05) is 0 Å². The van der Waals surface area contributed by atoms with Crippen molar-refractivity contribution in [3.05, 3.63) is 0 Å². The number of carbonyl (C=O) groups excluding carboxylic acids is 1. The Morgan fingerprint density at radius 1 is 1.20 bits per heavy atom. The number of amides is 1. The molecule has 116 valence electrons. The zero-order valence-electron chi connectivity index (χ0n) is 13.2. The Morgan fingerprint density at radius 2 is 1.90 bits per heavy atom. The van der Waals surface area contributed by atoms with Gasteiger partial charge in [-0.1, -0.05) is 26.7 Å². The van der Waals surface area contributed by atoms with Gasteiger partial charge in [0.25, 0.3) is 0 Å². The molecule has 2 heterocycles. The molecule has 0 aromatic heterocycles. The third kappa shape index (κ3) is 3.01. The second kappa shape index (κ2) is 6.90. The summed E-state index contributed by atoms with van der Waals surface area (Å²) in [6.45, 7) is 8.90. The van der Waals surface area contributed by atoms with E-state index in [-0.39, 0.29) is 5.41 Å². The Labute approximate surface area is 123 Å². The Bertz CT molecular complexity index is 326. The molecule has 1 amide bonds. The van der Waals surface area contributed by atoms with Crippen LogP contribution in [0, 0.1) is 5.41 Å². The first-order valence-electron chi connectivity index (χ1n) is 8.40. The molecular weight excluding hydrogens is 250 g/mol. The Hall–Kier alpha value is -0.610. The molecule has 0 bridgehead atoms. The smallest absolute Gasteiger partial charge is 0.230 e. The molecule has 4 nitrogen and oxygen atoms in total. The summed E-state index contributed by atoms with van der Waals surface area (Å²) in [5, 5.41) is 0. The molecule has 2 aliphatic rings. The van der Waals surface area contributed by atoms with Gasteiger partial charge in [-0.25, -0.2) is 0 Å². The monoisotopic (exact) mass is 281 g/mol. The molecule has 1 atom stereocenters. The van der Waals surface area contributed by atoms with Gasteiger partial charge in [-0.15, -0.1) is 0 Å². The topological polar surface area (TPSA) is 49.6 Å². The standard InChI is InChI=1S/C16H31N3O/c1-3-7-16(13-17,8-4-2)15(20)19-11-10-18-9-5-6-14(18)12-19/h14H,3-13,17H2,1-2H3. The van der Waals surface area contributed by atoms with Crippen LogP contribution in [-0.2, 0) is 4.79 Å². The van der Waals surface area contributed by atoms with Crippen LogP contribution in [0.15, 0.2) is 0 Å². The fourth-order valence-corrected chi connectivity index (χ4v) is 4.10. The average Bonchev–Trinajstić information content (AvgIpc) is 2.93. The van der Waals surface area contributed by atoms with E-state index in [1.165, 1.54) is 19.4 Å². The van der Waals surface area contributed by atoms with Gasteiger partial charge in [0.05, 0.1) is 5.41 Å². The van der Waals surface area contributed by atoms with E-state index in [2.05, 4.69) is 23.6 Å². The highest BCUT2D eigenvalue weighted by atomic mass is 16.2. The van der Waals surface area contributed by atoms with E-state index in [0.29, 0.717) is 18.5 Å². The molecule has 4 heteroatoms. The van der Waals surface area contributed by atoms with Crippen molar-refractivity contribution in [2.75, 3.05) is 32.7 Å². The lowest BCUT2D eigenvalue weighted by atomic mass is 9.77. The van der Waals surface area contributed by atoms with Crippen LogP contribution in [0.3, 0.4) is 0 Å². The van der Waals surface area contributed by atoms with E-state index in [4.69, 9.17) is 5.73 Å². The summed E-state index contributed by atoms with van der Waals surface area (Å²) in [5.74, 6) is 0.329. The fraction of sp³-hybridized carbons (Fsp3) is 0.938. The Morgan fingerprint density at radius 3 is 2.50 bits per heavy atom. The van der Waals surface area contributed by atoms with Crippen LogP contribution in [0.2, 0.25) is 0 Å². The van der Waals surface area contributed by atoms with Gasteiger partial charge in [-0.2, -0.15) is 0 Å². The Kier molecular flexibility index (Phi) is 5.44. The summed E-state index contributed by atoms with van der Waals surface area (Å²) in [6.07, 6.45) is 6.47. The average molecular weight is 281 g/mol. The summed E-state index contributed by atoms with van der Waals surface area (Å²) >= 11 is 0. The number of carbonyl (C=O) groups is 1. The molecule has 0 saturated carbocycles. The van der Waals surface area contributed by atoms with Crippen molar-refractivity contribution in [3.8, 4) is 0 Å². The summed E-state index contributed by atoms with van der Waals surface area (Å²) in [6, 6.07) is 0.603. The van der Waals surface area contributed by atoms with Crippen LogP contribution < -0.4 is 5.73 Å². The number of piperazine rings is 1. The van der Waals surface area contributed by atoms with Gasteiger partial charge < -0.3 is 10.6 Å². The van der Waals surface area contributed by atoms with Crippen molar-refractivity contribution in [2.45, 2.75) is 58.4 Å². The molecule has 0 radical (unpaired) electrons. The maximum Gasteiger partial charge on any atom is 0.230 e. The zero-order chi connectivity index (χ0) is 14.6. The van der Waals surface area contributed by atoms with Crippen molar-refractivity contribution in [2.24, 2.45) is 11.1 Å². The summed E-state index contributed by atoms with van der Waals surface area (Å²) in [5.41, 5.74) is 5.74. The van der Waals surface area contributed by atoms with E-state index in [0.717, 1.165) is 45.3 Å². The normalized spacial score (nSPS) is 23.9. The molecule has 0 aliphatic carbocycles. The van der Waals surface area contributed by atoms with E-state index in [9.17, 15) is 4.79 Å². The van der Waals surface area contributed by atoms with Crippen molar-refractivity contribution in [1.82, 2.24) is 9.80 Å². The van der Waals surface area contributed by atoms with Crippen LogP contribution >= 0.6 is 0 Å². The van der Waals surface area contributed by atoms with Crippen LogP contribution in [0.25, 0.3) is 0 Å². The summed E-state index contributed by atoms with van der Waals surface area (Å²) in [4.78, 5) is 17.7. The highest BCUT2D eigenvalue weighted by Crippen LogP contribution is 2.33. The van der Waals surface area contributed by atoms with Crippen molar-refractivity contribution in [1.29, 1.82) is 0 Å². The molecule has 0 aromatic carbocycles. The third-order valence-corrected chi connectivity index (χ3v) is 5.18. The van der Waals surface area contributed by atoms with Gasteiger partial charge in [-0.05, 0) is 32.2 Å². The van der Waals surface area contributed by atoms with Crippen LogP contribution in [0.5, 0.6) is 0 Å². The minimum atomic E-state index is -0.301. The minimum Gasteiger partial charge on any atom is -0.339 e. The predicted octanol–water partition coefficient (Wildman–Crippen LogP) is 1.84. The molecule has 2 rings (SSSR count). The largest absolute Gasteiger partial charge is 0.339 e. The number of nitrogens with two attached hydrogens (primary N) is 1. The van der Waals surface area contributed by atoms with Crippen LogP contribution in [-0.4, -0.2) is 54.5 Å². The van der Waals surface area contributed by atoms with E-state index < -0.39 is 0 Å². The van der Waals surface area contributed by atoms with Crippen LogP contribution in [0.4, 0.5) is 0 Å². The lowest BCUT2D eigenvalue weighted by Gasteiger charge is -2.42. The summed E-state index contributed by atoms with van der Waals surface area (Å²) < 4.78 is 0. The number of fused-ring (bicyclic) bond motifs is 1. The van der Waals surface area contributed by atoms with Gasteiger partial charge in [0.1, 0.15) is 0 Å². The fourth-order valence-electron chi connectivity index (χ4n) is 4.10. The number of hydrogen-bond acceptors (Lipinski definition) is 3. The first-order chi connectivity index (χ1) is 9.66. The van der Waals surface area contributed by atoms with Crippen LogP contribution in [0.1, 0.15) is 52.4 Å². The van der Waals surface area contributed by atoms with Gasteiger partial charge in [-0.3, -0.25) is 9.69 Å². The SMILES string of the molecule is CCCC(CN)(CCC)C(=O)N1CCN2CCCC2C1. The number of hydrogen-bond donors (Lipinski definition) is 1. The second-order valence-corrected chi connectivity index (χ2v) is 6.57. The maximum atomic E-state index is 13.0. The molecular formula is C16H31N3O. The quantitative estimate of drug-likeness (QED) is 0.808. The highest BCUT2D eigenvalue weighted by Gasteiger charge is 2.41. The highest BCUT2D eigenvalue weighted by molar-refractivity contribution is 5.83. The Balaban J connectivity index is 2.06. The molecule has 2 fully saturated rings. The van der Waals surface area contributed by atoms with E-state index >= 15 is 0 Å². The summed E-state index contributed by atoms with van der Waals surface area (Å²) in [7, 11) is 0.